The predicted molar refractivity (Wildman–Crippen MR) is 75.0 cm³/mol. The first kappa shape index (κ1) is 15.7. The second-order valence-electron chi connectivity index (χ2n) is 3.88. The molecule has 104 valence electrons. The van der Waals surface area contributed by atoms with Crippen LogP contribution in [0, 0.1) is 10.1 Å². The lowest BCUT2D eigenvalue weighted by molar-refractivity contribution is -0.384. The Hall–Kier alpha value is -1.33. The molecule has 0 bridgehead atoms. The van der Waals surface area contributed by atoms with E-state index in [0.717, 1.165) is 0 Å². The summed E-state index contributed by atoms with van der Waals surface area (Å²) in [5.41, 5.74) is 0.0277. The number of nitro groups is 1. The zero-order chi connectivity index (χ0) is 14.4. The van der Waals surface area contributed by atoms with Crippen molar-refractivity contribution in [3.05, 3.63) is 38.9 Å². The van der Waals surface area contributed by atoms with Crippen LogP contribution >= 0.6 is 23.2 Å². The molecule has 0 fully saturated rings. The number of nitrogens with zero attached hydrogens (tertiary/aromatic N) is 2. The first-order valence-corrected chi connectivity index (χ1v) is 6.71. The maximum atomic E-state index is 12.2. The molecule has 0 aromatic heterocycles. The molecule has 19 heavy (non-hydrogen) atoms. The van der Waals surface area contributed by atoms with Crippen LogP contribution in [-0.4, -0.2) is 34.7 Å². The van der Waals surface area contributed by atoms with Gasteiger partial charge in [0.2, 0.25) is 0 Å². The zero-order valence-electron chi connectivity index (χ0n) is 10.4. The third-order valence-electron chi connectivity index (χ3n) is 2.57. The SMILES string of the molecule is CCN(CCCCl)C(=O)c1cc(Cl)cc([N+](=O)[O-])c1. The number of halogens is 2. The standard InChI is InChI=1S/C12H14Cl2N2O3/c1-2-15(5-3-4-13)12(17)9-6-10(14)8-11(7-9)16(18)19/h6-8H,2-5H2,1H3. The fourth-order valence-electron chi connectivity index (χ4n) is 1.64. The van der Waals surface area contributed by atoms with Crippen LogP contribution in [0.15, 0.2) is 18.2 Å². The monoisotopic (exact) mass is 304 g/mol. The van der Waals surface area contributed by atoms with E-state index in [1.165, 1.54) is 18.2 Å². The van der Waals surface area contributed by atoms with E-state index in [1.807, 2.05) is 6.92 Å². The Morgan fingerprint density at radius 2 is 2.11 bits per heavy atom. The molecule has 7 heteroatoms. The van der Waals surface area contributed by atoms with Crippen molar-refractivity contribution < 1.29 is 9.72 Å². The van der Waals surface area contributed by atoms with E-state index in [1.54, 1.807) is 4.90 Å². The summed E-state index contributed by atoms with van der Waals surface area (Å²) in [5, 5.41) is 10.9. The third kappa shape index (κ3) is 4.36. The molecule has 0 atom stereocenters. The van der Waals surface area contributed by atoms with Gasteiger partial charge in [-0.2, -0.15) is 0 Å². The molecule has 0 saturated heterocycles. The van der Waals surface area contributed by atoms with Gasteiger partial charge < -0.3 is 4.90 Å². The number of alkyl halides is 1. The van der Waals surface area contributed by atoms with Gasteiger partial charge in [-0.15, -0.1) is 11.6 Å². The van der Waals surface area contributed by atoms with Crippen LogP contribution in [0.25, 0.3) is 0 Å². The molecule has 1 amide bonds. The van der Waals surface area contributed by atoms with Gasteiger partial charge in [0.25, 0.3) is 11.6 Å². The summed E-state index contributed by atoms with van der Waals surface area (Å²) < 4.78 is 0. The van der Waals surface area contributed by atoms with Crippen LogP contribution in [0.1, 0.15) is 23.7 Å². The lowest BCUT2D eigenvalue weighted by Crippen LogP contribution is -2.32. The van der Waals surface area contributed by atoms with Crippen molar-refractivity contribution in [1.29, 1.82) is 0 Å². The van der Waals surface area contributed by atoms with Crippen molar-refractivity contribution >= 4 is 34.8 Å². The Balaban J connectivity index is 3.00. The lowest BCUT2D eigenvalue weighted by atomic mass is 10.1. The number of rotatable bonds is 6. The molecule has 1 aromatic carbocycles. The fourth-order valence-corrected chi connectivity index (χ4v) is 1.99. The summed E-state index contributed by atoms with van der Waals surface area (Å²) in [5.74, 6) is 0.178. The number of hydrogen-bond donors (Lipinski definition) is 0. The van der Waals surface area contributed by atoms with Gasteiger partial charge in [-0.1, -0.05) is 11.6 Å². The number of carbonyl (C=O) groups is 1. The van der Waals surface area contributed by atoms with Gasteiger partial charge in [0.15, 0.2) is 0 Å². The topological polar surface area (TPSA) is 63.5 Å². The highest BCUT2D eigenvalue weighted by atomic mass is 35.5. The Labute approximate surface area is 121 Å². The normalized spacial score (nSPS) is 10.3. The molecule has 0 radical (unpaired) electrons. The maximum Gasteiger partial charge on any atom is 0.271 e. The van der Waals surface area contributed by atoms with Gasteiger partial charge in [0.1, 0.15) is 0 Å². The molecular formula is C12H14Cl2N2O3. The molecule has 1 aromatic rings. The number of carbonyl (C=O) groups excluding carboxylic acids is 1. The van der Waals surface area contributed by atoms with E-state index in [4.69, 9.17) is 23.2 Å². The minimum atomic E-state index is -0.572. The summed E-state index contributed by atoms with van der Waals surface area (Å²) >= 11 is 11.4. The van der Waals surface area contributed by atoms with Crippen LogP contribution in [0.4, 0.5) is 5.69 Å². The summed E-state index contributed by atoms with van der Waals surface area (Å²) in [6.45, 7) is 2.86. The average Bonchev–Trinajstić information content (AvgIpc) is 2.38. The van der Waals surface area contributed by atoms with Crippen molar-refractivity contribution in [2.75, 3.05) is 19.0 Å². The summed E-state index contributed by atoms with van der Waals surface area (Å²) in [7, 11) is 0. The molecule has 0 saturated carbocycles. The predicted octanol–water partition coefficient (Wildman–Crippen LogP) is 3.34. The number of hydrogen-bond acceptors (Lipinski definition) is 3. The third-order valence-corrected chi connectivity index (χ3v) is 3.06. The molecule has 0 unspecified atom stereocenters. The smallest absolute Gasteiger partial charge is 0.271 e. The van der Waals surface area contributed by atoms with Gasteiger partial charge in [-0.3, -0.25) is 14.9 Å². The molecule has 0 aliphatic carbocycles. The van der Waals surface area contributed by atoms with Crippen LogP contribution in [-0.2, 0) is 0 Å². The molecule has 0 N–H and O–H groups in total. The number of benzene rings is 1. The Morgan fingerprint density at radius 1 is 1.42 bits per heavy atom. The first-order chi connectivity index (χ1) is 8.99. The van der Waals surface area contributed by atoms with Gasteiger partial charge in [0, 0.05) is 41.7 Å². The van der Waals surface area contributed by atoms with Crippen molar-refractivity contribution in [1.82, 2.24) is 4.90 Å². The highest BCUT2D eigenvalue weighted by Crippen LogP contribution is 2.22. The minimum Gasteiger partial charge on any atom is -0.339 e. The average molecular weight is 305 g/mol. The van der Waals surface area contributed by atoms with Gasteiger partial charge in [-0.25, -0.2) is 0 Å². The molecule has 1 rings (SSSR count). The zero-order valence-corrected chi connectivity index (χ0v) is 11.9. The van der Waals surface area contributed by atoms with Gasteiger partial charge in [0.05, 0.1) is 4.92 Å². The fraction of sp³-hybridized carbons (Fsp3) is 0.417. The van der Waals surface area contributed by atoms with E-state index in [2.05, 4.69) is 0 Å². The number of non-ortho nitro benzene ring substituents is 1. The molecule has 0 aliphatic heterocycles. The molecule has 0 aliphatic rings. The molecule has 5 nitrogen and oxygen atoms in total. The van der Waals surface area contributed by atoms with E-state index >= 15 is 0 Å². The van der Waals surface area contributed by atoms with Gasteiger partial charge >= 0.3 is 0 Å². The van der Waals surface area contributed by atoms with Gasteiger partial charge in [-0.05, 0) is 19.4 Å². The Kier molecular flexibility index (Phi) is 6.05. The highest BCUT2D eigenvalue weighted by Gasteiger charge is 2.18. The summed E-state index contributed by atoms with van der Waals surface area (Å²) in [6.07, 6.45) is 0.670. The second-order valence-corrected chi connectivity index (χ2v) is 4.70. The van der Waals surface area contributed by atoms with Crippen molar-refractivity contribution in [3.8, 4) is 0 Å². The van der Waals surface area contributed by atoms with Crippen molar-refractivity contribution in [2.45, 2.75) is 13.3 Å². The van der Waals surface area contributed by atoms with E-state index in [-0.39, 0.29) is 22.2 Å². The molecule has 0 heterocycles. The first-order valence-electron chi connectivity index (χ1n) is 5.79. The Bertz CT molecular complexity index is 480. The van der Waals surface area contributed by atoms with Crippen molar-refractivity contribution in [3.63, 3.8) is 0 Å². The van der Waals surface area contributed by atoms with E-state index in [0.29, 0.717) is 25.4 Å². The molecule has 0 spiro atoms. The van der Waals surface area contributed by atoms with Crippen LogP contribution in [0.2, 0.25) is 5.02 Å². The largest absolute Gasteiger partial charge is 0.339 e. The molecular weight excluding hydrogens is 291 g/mol. The van der Waals surface area contributed by atoms with Crippen LogP contribution < -0.4 is 0 Å². The van der Waals surface area contributed by atoms with Crippen LogP contribution in [0.5, 0.6) is 0 Å². The Morgan fingerprint density at radius 3 is 2.63 bits per heavy atom. The summed E-state index contributed by atoms with van der Waals surface area (Å²) in [4.78, 5) is 24.0. The lowest BCUT2D eigenvalue weighted by Gasteiger charge is -2.20. The summed E-state index contributed by atoms with van der Waals surface area (Å²) in [6, 6.07) is 3.88. The van der Waals surface area contributed by atoms with Crippen LogP contribution in [0.3, 0.4) is 0 Å². The number of nitro benzene ring substituents is 1. The number of amides is 1. The minimum absolute atomic E-state index is 0.172. The quantitative estimate of drug-likeness (QED) is 0.460. The van der Waals surface area contributed by atoms with Crippen molar-refractivity contribution in [2.24, 2.45) is 0 Å². The second kappa shape index (κ2) is 7.31. The maximum absolute atomic E-state index is 12.2. The van der Waals surface area contributed by atoms with E-state index in [9.17, 15) is 14.9 Å². The van der Waals surface area contributed by atoms with E-state index < -0.39 is 4.92 Å². The highest BCUT2D eigenvalue weighted by molar-refractivity contribution is 6.31.